The third-order valence-corrected chi connectivity index (χ3v) is 3.40. The van der Waals surface area contributed by atoms with Gasteiger partial charge in [0.15, 0.2) is 0 Å². The second-order valence-corrected chi connectivity index (χ2v) is 4.88. The van der Waals surface area contributed by atoms with Crippen LogP contribution in [0.25, 0.3) is 0 Å². The molecule has 4 heteroatoms. The number of hydrogen-bond donors (Lipinski definition) is 3. The average molecular weight is 234 g/mol. The molecule has 1 amide bonds. The fourth-order valence-corrected chi connectivity index (χ4v) is 2.70. The van der Waals surface area contributed by atoms with Crippen molar-refractivity contribution in [1.29, 1.82) is 0 Å². The predicted molar refractivity (Wildman–Crippen MR) is 65.9 cm³/mol. The lowest BCUT2D eigenvalue weighted by molar-refractivity contribution is 0.177. The smallest absolute Gasteiger partial charge is 0.405 e. The van der Waals surface area contributed by atoms with E-state index < -0.39 is 6.09 Å². The fourth-order valence-electron chi connectivity index (χ4n) is 2.70. The normalized spacial score (nSPS) is 27.9. The third-order valence-electron chi connectivity index (χ3n) is 3.40. The topological polar surface area (TPSA) is 75.3 Å². The quantitative estimate of drug-likeness (QED) is 0.745. The molecule has 2 atom stereocenters. The second-order valence-electron chi connectivity index (χ2n) is 4.88. The number of hydrogen-bond acceptors (Lipinski definition) is 2. The SMILES string of the molecule is N[C@H]1CC[C@](Cc2ccccc2)(NC(=O)O)C1. The van der Waals surface area contributed by atoms with Crippen LogP contribution in [0, 0.1) is 0 Å². The van der Waals surface area contributed by atoms with Crippen molar-refractivity contribution in [1.82, 2.24) is 5.32 Å². The number of amides is 1. The number of nitrogens with two attached hydrogens (primary N) is 1. The Labute approximate surface area is 101 Å². The Hall–Kier alpha value is -1.55. The van der Waals surface area contributed by atoms with Crippen molar-refractivity contribution in [2.75, 3.05) is 0 Å². The average Bonchev–Trinajstić information content (AvgIpc) is 2.60. The van der Waals surface area contributed by atoms with Crippen molar-refractivity contribution in [2.45, 2.75) is 37.3 Å². The Morgan fingerprint density at radius 2 is 2.18 bits per heavy atom. The molecule has 2 rings (SSSR count). The van der Waals surface area contributed by atoms with Crippen LogP contribution in [0.2, 0.25) is 0 Å². The van der Waals surface area contributed by atoms with E-state index in [0.717, 1.165) is 18.4 Å². The molecule has 1 aliphatic rings. The van der Waals surface area contributed by atoms with Gasteiger partial charge < -0.3 is 16.2 Å². The summed E-state index contributed by atoms with van der Waals surface area (Å²) in [6, 6.07) is 10.0. The maximum atomic E-state index is 10.9. The lowest BCUT2D eigenvalue weighted by atomic mass is 9.89. The lowest BCUT2D eigenvalue weighted by Gasteiger charge is -2.29. The summed E-state index contributed by atoms with van der Waals surface area (Å²) in [5.74, 6) is 0. The molecule has 1 saturated carbocycles. The van der Waals surface area contributed by atoms with E-state index >= 15 is 0 Å². The standard InChI is InChI=1S/C13H18N2O2/c14-11-6-7-13(9-11,15-12(16)17)8-10-4-2-1-3-5-10/h1-5,11,15H,6-9,14H2,(H,16,17)/t11-,13+/m0/s1. The van der Waals surface area contributed by atoms with Gasteiger partial charge in [0.05, 0.1) is 0 Å². The Morgan fingerprint density at radius 3 is 2.71 bits per heavy atom. The van der Waals surface area contributed by atoms with Gasteiger partial charge in [0.2, 0.25) is 0 Å². The summed E-state index contributed by atoms with van der Waals surface area (Å²) in [5.41, 5.74) is 6.67. The van der Waals surface area contributed by atoms with Gasteiger partial charge >= 0.3 is 6.09 Å². The van der Waals surface area contributed by atoms with E-state index in [1.54, 1.807) is 0 Å². The molecule has 0 unspecified atom stereocenters. The predicted octanol–water partition coefficient (Wildman–Crippen LogP) is 1.75. The first kappa shape index (κ1) is 11.9. The van der Waals surface area contributed by atoms with E-state index in [1.165, 1.54) is 0 Å². The highest BCUT2D eigenvalue weighted by Gasteiger charge is 2.39. The molecule has 1 aromatic rings. The molecule has 92 valence electrons. The van der Waals surface area contributed by atoms with Crippen molar-refractivity contribution in [2.24, 2.45) is 5.73 Å². The molecular weight excluding hydrogens is 216 g/mol. The van der Waals surface area contributed by atoms with Crippen LogP contribution in [0.5, 0.6) is 0 Å². The summed E-state index contributed by atoms with van der Waals surface area (Å²) in [6.45, 7) is 0. The lowest BCUT2D eigenvalue weighted by Crippen LogP contribution is -2.48. The van der Waals surface area contributed by atoms with Crippen LogP contribution in [0.1, 0.15) is 24.8 Å². The van der Waals surface area contributed by atoms with Gasteiger partial charge in [-0.1, -0.05) is 30.3 Å². The van der Waals surface area contributed by atoms with Gasteiger partial charge in [-0.15, -0.1) is 0 Å². The van der Waals surface area contributed by atoms with Crippen molar-refractivity contribution in [3.63, 3.8) is 0 Å². The van der Waals surface area contributed by atoms with Gasteiger partial charge in [-0.25, -0.2) is 4.79 Å². The van der Waals surface area contributed by atoms with E-state index in [4.69, 9.17) is 10.8 Å². The van der Waals surface area contributed by atoms with Gasteiger partial charge in [-0.3, -0.25) is 0 Å². The van der Waals surface area contributed by atoms with Crippen LogP contribution < -0.4 is 11.1 Å². The van der Waals surface area contributed by atoms with Crippen molar-refractivity contribution in [3.05, 3.63) is 35.9 Å². The highest BCUT2D eigenvalue weighted by molar-refractivity contribution is 5.65. The van der Waals surface area contributed by atoms with Crippen LogP contribution in [0.3, 0.4) is 0 Å². The summed E-state index contributed by atoms with van der Waals surface area (Å²) in [4.78, 5) is 10.9. The molecule has 1 aliphatic carbocycles. The minimum atomic E-state index is -0.963. The first-order valence-electron chi connectivity index (χ1n) is 5.90. The van der Waals surface area contributed by atoms with Crippen LogP contribution in [0.15, 0.2) is 30.3 Å². The monoisotopic (exact) mass is 234 g/mol. The van der Waals surface area contributed by atoms with Crippen LogP contribution in [0.4, 0.5) is 4.79 Å². The van der Waals surface area contributed by atoms with Gasteiger partial charge in [0.1, 0.15) is 0 Å². The Kier molecular flexibility index (Phi) is 3.33. The molecule has 17 heavy (non-hydrogen) atoms. The van der Waals surface area contributed by atoms with Crippen LogP contribution in [-0.4, -0.2) is 22.8 Å². The first-order chi connectivity index (χ1) is 8.10. The van der Waals surface area contributed by atoms with Crippen molar-refractivity contribution < 1.29 is 9.90 Å². The molecule has 0 radical (unpaired) electrons. The molecule has 0 heterocycles. The zero-order valence-electron chi connectivity index (χ0n) is 9.73. The summed E-state index contributed by atoms with van der Waals surface area (Å²) >= 11 is 0. The zero-order chi connectivity index (χ0) is 12.3. The highest BCUT2D eigenvalue weighted by atomic mass is 16.4. The van der Waals surface area contributed by atoms with E-state index in [9.17, 15) is 4.79 Å². The van der Waals surface area contributed by atoms with Gasteiger partial charge in [-0.05, 0) is 31.2 Å². The molecule has 1 aromatic carbocycles. The number of rotatable bonds is 3. The fraction of sp³-hybridized carbons (Fsp3) is 0.462. The third kappa shape index (κ3) is 2.97. The molecule has 0 saturated heterocycles. The molecule has 0 aliphatic heterocycles. The molecule has 1 fully saturated rings. The molecular formula is C13H18N2O2. The Bertz CT molecular complexity index is 394. The first-order valence-corrected chi connectivity index (χ1v) is 5.90. The van der Waals surface area contributed by atoms with E-state index in [-0.39, 0.29) is 11.6 Å². The van der Waals surface area contributed by atoms with Crippen LogP contribution >= 0.6 is 0 Å². The van der Waals surface area contributed by atoms with Crippen molar-refractivity contribution >= 4 is 6.09 Å². The highest BCUT2D eigenvalue weighted by Crippen LogP contribution is 2.32. The minimum absolute atomic E-state index is 0.102. The van der Waals surface area contributed by atoms with Gasteiger partial charge in [0.25, 0.3) is 0 Å². The van der Waals surface area contributed by atoms with E-state index in [0.29, 0.717) is 12.8 Å². The zero-order valence-corrected chi connectivity index (χ0v) is 9.73. The number of carboxylic acid groups (broad SMARTS) is 1. The molecule has 0 spiro atoms. The molecule has 0 bridgehead atoms. The second kappa shape index (κ2) is 4.75. The summed E-state index contributed by atoms with van der Waals surface area (Å²) in [5, 5.41) is 11.6. The number of carbonyl (C=O) groups is 1. The minimum Gasteiger partial charge on any atom is -0.465 e. The van der Waals surface area contributed by atoms with E-state index in [1.807, 2.05) is 30.3 Å². The summed E-state index contributed by atoms with van der Waals surface area (Å²) < 4.78 is 0. The largest absolute Gasteiger partial charge is 0.465 e. The van der Waals surface area contributed by atoms with Gasteiger partial charge in [-0.2, -0.15) is 0 Å². The van der Waals surface area contributed by atoms with E-state index in [2.05, 4.69) is 5.32 Å². The number of benzene rings is 1. The number of nitrogens with one attached hydrogen (secondary N) is 1. The Balaban J connectivity index is 2.14. The molecule has 4 nitrogen and oxygen atoms in total. The maximum absolute atomic E-state index is 10.9. The molecule has 0 aromatic heterocycles. The molecule has 4 N–H and O–H groups in total. The van der Waals surface area contributed by atoms with Crippen molar-refractivity contribution in [3.8, 4) is 0 Å². The van der Waals surface area contributed by atoms with Crippen LogP contribution in [-0.2, 0) is 6.42 Å². The maximum Gasteiger partial charge on any atom is 0.405 e. The Morgan fingerprint density at radius 1 is 1.47 bits per heavy atom. The summed E-state index contributed by atoms with van der Waals surface area (Å²) in [6.07, 6.45) is 2.17. The van der Waals surface area contributed by atoms with Gasteiger partial charge in [0, 0.05) is 11.6 Å². The summed E-state index contributed by atoms with van der Waals surface area (Å²) in [7, 11) is 0.